The average Bonchev–Trinajstić information content (AvgIpc) is 3.06. The lowest BCUT2D eigenvalue weighted by Crippen LogP contribution is -2.29. The number of halogens is 1. The molecule has 0 fully saturated rings. The van der Waals surface area contributed by atoms with Crippen molar-refractivity contribution < 1.29 is 12.8 Å². The standard InChI is InChI=1S/C17H16FN3O2S/c18-13-2-3-14-15(9-20-16(14)8-13)11-1-4-17-12(7-11)10-21(6-5-19)24(17,22)23/h1-4,7-9,20H,5-6,10,19H2. The number of hydrogen-bond acceptors (Lipinski definition) is 3. The maximum absolute atomic E-state index is 13.3. The first kappa shape index (κ1) is 15.3. The average molecular weight is 345 g/mol. The first-order valence-electron chi connectivity index (χ1n) is 7.61. The molecule has 5 nitrogen and oxygen atoms in total. The van der Waals surface area contributed by atoms with Crippen LogP contribution in [0.1, 0.15) is 5.56 Å². The zero-order valence-electron chi connectivity index (χ0n) is 12.8. The Morgan fingerprint density at radius 1 is 1.21 bits per heavy atom. The van der Waals surface area contributed by atoms with Gasteiger partial charge in [-0.15, -0.1) is 0 Å². The molecule has 3 aromatic rings. The Kier molecular flexibility index (Phi) is 3.45. The van der Waals surface area contributed by atoms with Crippen molar-refractivity contribution in [2.24, 2.45) is 5.73 Å². The van der Waals surface area contributed by atoms with Crippen molar-refractivity contribution in [3.8, 4) is 11.1 Å². The molecular formula is C17H16FN3O2S. The molecule has 2 heterocycles. The zero-order valence-corrected chi connectivity index (χ0v) is 13.6. The van der Waals surface area contributed by atoms with Crippen molar-refractivity contribution in [2.45, 2.75) is 11.4 Å². The Morgan fingerprint density at radius 3 is 2.83 bits per heavy atom. The second-order valence-electron chi connectivity index (χ2n) is 5.84. The number of aromatic amines is 1. The van der Waals surface area contributed by atoms with E-state index in [-0.39, 0.29) is 12.4 Å². The van der Waals surface area contributed by atoms with Crippen LogP contribution in [0.3, 0.4) is 0 Å². The van der Waals surface area contributed by atoms with Crippen molar-refractivity contribution in [3.05, 3.63) is 54.0 Å². The minimum atomic E-state index is -3.45. The SMILES string of the molecule is NCCN1Cc2cc(-c3c[nH]c4cc(F)ccc34)ccc2S1(=O)=O. The van der Waals surface area contributed by atoms with Crippen LogP contribution in [-0.2, 0) is 16.6 Å². The van der Waals surface area contributed by atoms with E-state index in [0.29, 0.717) is 23.5 Å². The van der Waals surface area contributed by atoms with Gasteiger partial charge < -0.3 is 10.7 Å². The number of benzene rings is 2. The molecule has 0 unspecified atom stereocenters. The van der Waals surface area contributed by atoms with Gasteiger partial charge in [0.1, 0.15) is 5.82 Å². The Hall–Kier alpha value is -2.22. The molecule has 1 aliphatic heterocycles. The van der Waals surface area contributed by atoms with Crippen LogP contribution in [0, 0.1) is 5.82 Å². The van der Waals surface area contributed by atoms with E-state index in [1.165, 1.54) is 16.4 Å². The van der Waals surface area contributed by atoms with Crippen molar-refractivity contribution in [1.29, 1.82) is 0 Å². The van der Waals surface area contributed by atoms with Gasteiger partial charge in [0.25, 0.3) is 0 Å². The van der Waals surface area contributed by atoms with Crippen molar-refractivity contribution in [3.63, 3.8) is 0 Å². The number of hydrogen-bond donors (Lipinski definition) is 2. The Balaban J connectivity index is 1.81. The molecule has 0 bridgehead atoms. The topological polar surface area (TPSA) is 79.2 Å². The number of sulfonamides is 1. The van der Waals surface area contributed by atoms with Gasteiger partial charge in [-0.25, -0.2) is 12.8 Å². The van der Waals surface area contributed by atoms with Crippen molar-refractivity contribution in [2.75, 3.05) is 13.1 Å². The monoisotopic (exact) mass is 345 g/mol. The molecule has 0 saturated heterocycles. The second-order valence-corrected chi connectivity index (χ2v) is 7.75. The van der Waals surface area contributed by atoms with Crippen LogP contribution in [0.15, 0.2) is 47.5 Å². The van der Waals surface area contributed by atoms with Crippen molar-refractivity contribution in [1.82, 2.24) is 9.29 Å². The van der Waals surface area contributed by atoms with Gasteiger partial charge in [0.15, 0.2) is 0 Å². The fourth-order valence-corrected chi connectivity index (χ4v) is 4.84. The largest absolute Gasteiger partial charge is 0.360 e. The molecule has 0 spiro atoms. The highest BCUT2D eigenvalue weighted by Gasteiger charge is 2.34. The van der Waals surface area contributed by atoms with Crippen LogP contribution >= 0.6 is 0 Å². The first-order chi connectivity index (χ1) is 11.5. The van der Waals surface area contributed by atoms with Crippen LogP contribution < -0.4 is 5.73 Å². The van der Waals surface area contributed by atoms with Gasteiger partial charge in [-0.2, -0.15) is 4.31 Å². The lowest BCUT2D eigenvalue weighted by molar-refractivity contribution is 0.433. The number of aromatic nitrogens is 1. The van der Waals surface area contributed by atoms with E-state index >= 15 is 0 Å². The maximum atomic E-state index is 13.3. The van der Waals surface area contributed by atoms with Crippen LogP contribution in [0.25, 0.3) is 22.0 Å². The minimum absolute atomic E-state index is 0.286. The third-order valence-corrected chi connectivity index (χ3v) is 6.30. The normalized spacial score (nSPS) is 16.6. The highest BCUT2D eigenvalue weighted by Crippen LogP contribution is 2.35. The summed E-state index contributed by atoms with van der Waals surface area (Å²) in [5.41, 5.74) is 8.80. The summed E-state index contributed by atoms with van der Waals surface area (Å²) in [6, 6.07) is 9.89. The van der Waals surface area contributed by atoms with Gasteiger partial charge in [-0.1, -0.05) is 6.07 Å². The molecule has 1 aromatic heterocycles. The van der Waals surface area contributed by atoms with E-state index in [4.69, 9.17) is 5.73 Å². The molecular weight excluding hydrogens is 329 g/mol. The van der Waals surface area contributed by atoms with E-state index in [1.54, 1.807) is 18.2 Å². The third-order valence-electron chi connectivity index (χ3n) is 4.36. The van der Waals surface area contributed by atoms with Crippen LogP contribution in [-0.4, -0.2) is 30.8 Å². The number of H-pyrrole nitrogens is 1. The van der Waals surface area contributed by atoms with E-state index < -0.39 is 10.0 Å². The summed E-state index contributed by atoms with van der Waals surface area (Å²) >= 11 is 0. The molecule has 124 valence electrons. The summed E-state index contributed by atoms with van der Waals surface area (Å²) in [5.74, 6) is -0.298. The van der Waals surface area contributed by atoms with Gasteiger partial charge in [0, 0.05) is 42.3 Å². The lowest BCUT2D eigenvalue weighted by atomic mass is 10.0. The Morgan fingerprint density at radius 2 is 2.04 bits per heavy atom. The van der Waals surface area contributed by atoms with Gasteiger partial charge in [-0.3, -0.25) is 0 Å². The van der Waals surface area contributed by atoms with Gasteiger partial charge >= 0.3 is 0 Å². The summed E-state index contributed by atoms with van der Waals surface area (Å²) in [6.07, 6.45) is 1.81. The molecule has 0 atom stereocenters. The minimum Gasteiger partial charge on any atom is -0.360 e. The molecule has 24 heavy (non-hydrogen) atoms. The fraction of sp³-hybridized carbons (Fsp3) is 0.176. The molecule has 0 radical (unpaired) electrons. The number of nitrogens with zero attached hydrogens (tertiary/aromatic N) is 1. The third kappa shape index (κ3) is 2.24. The summed E-state index contributed by atoms with van der Waals surface area (Å²) in [7, 11) is -3.45. The number of nitrogens with one attached hydrogen (secondary N) is 1. The van der Waals surface area contributed by atoms with Gasteiger partial charge in [-0.05, 0) is 41.5 Å². The maximum Gasteiger partial charge on any atom is 0.243 e. The quantitative estimate of drug-likeness (QED) is 0.765. The van der Waals surface area contributed by atoms with Gasteiger partial charge in [0.2, 0.25) is 10.0 Å². The van der Waals surface area contributed by atoms with Crippen LogP contribution in [0.4, 0.5) is 4.39 Å². The summed E-state index contributed by atoms with van der Waals surface area (Å²) in [4.78, 5) is 3.39. The molecule has 1 aliphatic rings. The zero-order chi connectivity index (χ0) is 16.9. The van der Waals surface area contributed by atoms with Gasteiger partial charge in [0.05, 0.1) is 4.90 Å². The predicted octanol–water partition coefficient (Wildman–Crippen LogP) is 2.44. The van der Waals surface area contributed by atoms with E-state index in [0.717, 1.165) is 22.1 Å². The van der Waals surface area contributed by atoms with E-state index in [1.807, 2.05) is 12.3 Å². The highest BCUT2D eigenvalue weighted by molar-refractivity contribution is 7.89. The summed E-state index contributed by atoms with van der Waals surface area (Å²) in [6.45, 7) is 0.923. The predicted molar refractivity (Wildman–Crippen MR) is 90.3 cm³/mol. The summed E-state index contributed by atoms with van der Waals surface area (Å²) in [5, 5.41) is 0.899. The number of fused-ring (bicyclic) bond motifs is 2. The summed E-state index contributed by atoms with van der Waals surface area (Å²) < 4.78 is 39.6. The molecule has 3 N–H and O–H groups in total. The first-order valence-corrected chi connectivity index (χ1v) is 9.05. The molecule has 2 aromatic carbocycles. The molecule has 7 heteroatoms. The molecule has 0 amide bonds. The van der Waals surface area contributed by atoms with Crippen LogP contribution in [0.5, 0.6) is 0 Å². The fourth-order valence-electron chi connectivity index (χ4n) is 3.22. The van der Waals surface area contributed by atoms with E-state index in [9.17, 15) is 12.8 Å². The number of nitrogens with two attached hydrogens (primary N) is 1. The Labute approximate surface area is 138 Å². The molecule has 4 rings (SSSR count). The molecule has 0 aliphatic carbocycles. The highest BCUT2D eigenvalue weighted by atomic mass is 32.2. The van der Waals surface area contributed by atoms with E-state index in [2.05, 4.69) is 4.98 Å². The molecule has 0 saturated carbocycles. The lowest BCUT2D eigenvalue weighted by Gasteiger charge is -2.11. The van der Waals surface area contributed by atoms with Crippen LogP contribution in [0.2, 0.25) is 0 Å². The number of rotatable bonds is 3. The second kappa shape index (κ2) is 5.41. The Bertz CT molecular complexity index is 1040. The smallest absolute Gasteiger partial charge is 0.243 e. The van der Waals surface area contributed by atoms with Crippen molar-refractivity contribution >= 4 is 20.9 Å².